The third-order valence-corrected chi connectivity index (χ3v) is 0.834. The first-order valence-electron chi connectivity index (χ1n) is 3.48. The average molecular weight is 190 g/mol. The standard InChI is InChI=1S/C5H6O4.C2H8N2/c1-3(5(8)9)2-4(6)7;3-1-2-4/h1-2H2,(H,6,7)(H,8,9);1-4H2. The molecule has 0 atom stereocenters. The maximum Gasteiger partial charge on any atom is 0.331 e. The summed E-state index contributed by atoms with van der Waals surface area (Å²) in [6.07, 6.45) is -0.505. The Kier molecular flexibility index (Phi) is 9.46. The van der Waals surface area contributed by atoms with Gasteiger partial charge in [-0.25, -0.2) is 4.79 Å². The number of carboxylic acids is 2. The molecule has 0 saturated heterocycles. The molecule has 0 heterocycles. The van der Waals surface area contributed by atoms with Crippen LogP contribution in [0.15, 0.2) is 12.2 Å². The molecule has 0 aliphatic heterocycles. The van der Waals surface area contributed by atoms with Gasteiger partial charge in [-0.05, 0) is 0 Å². The second kappa shape index (κ2) is 8.69. The summed E-state index contributed by atoms with van der Waals surface area (Å²) >= 11 is 0. The van der Waals surface area contributed by atoms with Crippen molar-refractivity contribution in [3.05, 3.63) is 12.2 Å². The summed E-state index contributed by atoms with van der Waals surface area (Å²) < 4.78 is 0. The summed E-state index contributed by atoms with van der Waals surface area (Å²) in [5, 5.41) is 16.1. The summed E-state index contributed by atoms with van der Waals surface area (Å²) in [6, 6.07) is 0. The lowest BCUT2D eigenvalue weighted by Crippen LogP contribution is -2.11. The van der Waals surface area contributed by atoms with E-state index in [4.69, 9.17) is 21.7 Å². The van der Waals surface area contributed by atoms with Gasteiger partial charge in [0.25, 0.3) is 0 Å². The van der Waals surface area contributed by atoms with Gasteiger partial charge in [-0.2, -0.15) is 0 Å². The minimum Gasteiger partial charge on any atom is -0.481 e. The molecule has 76 valence electrons. The number of nitrogens with two attached hydrogens (primary N) is 2. The van der Waals surface area contributed by atoms with Crippen LogP contribution >= 0.6 is 0 Å². The average Bonchev–Trinajstić information content (AvgIpc) is 2.03. The molecular weight excluding hydrogens is 176 g/mol. The zero-order valence-corrected chi connectivity index (χ0v) is 7.19. The highest BCUT2D eigenvalue weighted by Crippen LogP contribution is 1.95. The number of aliphatic carboxylic acids is 2. The largest absolute Gasteiger partial charge is 0.481 e. The minimum absolute atomic E-state index is 0.303. The maximum absolute atomic E-state index is 9.87. The van der Waals surface area contributed by atoms with E-state index in [1.807, 2.05) is 0 Å². The number of carbonyl (C=O) groups is 2. The van der Waals surface area contributed by atoms with Crippen LogP contribution in [0.2, 0.25) is 0 Å². The number of carboxylic acid groups (broad SMARTS) is 2. The van der Waals surface area contributed by atoms with Gasteiger partial charge in [0.05, 0.1) is 6.42 Å². The molecule has 0 aliphatic carbocycles. The van der Waals surface area contributed by atoms with Crippen molar-refractivity contribution in [3.8, 4) is 0 Å². The summed E-state index contributed by atoms with van der Waals surface area (Å²) in [7, 11) is 0. The Bertz CT molecular complexity index is 189. The smallest absolute Gasteiger partial charge is 0.331 e. The molecule has 0 fully saturated rings. The van der Waals surface area contributed by atoms with E-state index in [9.17, 15) is 9.59 Å². The zero-order chi connectivity index (χ0) is 10.9. The zero-order valence-electron chi connectivity index (χ0n) is 7.19. The molecule has 13 heavy (non-hydrogen) atoms. The second-order valence-electron chi connectivity index (χ2n) is 2.06. The summed E-state index contributed by atoms with van der Waals surface area (Å²) in [5.74, 6) is -2.44. The fraction of sp³-hybridized carbons (Fsp3) is 0.429. The van der Waals surface area contributed by atoms with Crippen LogP contribution in [0.1, 0.15) is 6.42 Å². The van der Waals surface area contributed by atoms with Gasteiger partial charge < -0.3 is 21.7 Å². The fourth-order valence-corrected chi connectivity index (χ4v) is 0.258. The molecule has 0 aromatic rings. The molecule has 0 unspecified atom stereocenters. The molecule has 6 N–H and O–H groups in total. The summed E-state index contributed by atoms with van der Waals surface area (Å²) in [6.45, 7) is 4.21. The lowest BCUT2D eigenvalue weighted by atomic mass is 10.2. The van der Waals surface area contributed by atoms with E-state index in [0.29, 0.717) is 13.1 Å². The van der Waals surface area contributed by atoms with Crippen molar-refractivity contribution in [1.82, 2.24) is 0 Å². The Balaban J connectivity index is 0. The highest BCUT2D eigenvalue weighted by atomic mass is 16.4. The van der Waals surface area contributed by atoms with Crippen LogP contribution in [0.5, 0.6) is 0 Å². The monoisotopic (exact) mass is 190 g/mol. The van der Waals surface area contributed by atoms with E-state index in [2.05, 4.69) is 6.58 Å². The highest BCUT2D eigenvalue weighted by Gasteiger charge is 2.07. The molecule has 6 heteroatoms. The van der Waals surface area contributed by atoms with Crippen molar-refractivity contribution in [2.75, 3.05) is 13.1 Å². The van der Waals surface area contributed by atoms with Gasteiger partial charge in [0.2, 0.25) is 0 Å². The summed E-state index contributed by atoms with van der Waals surface area (Å²) in [5.41, 5.74) is 9.50. The molecule has 0 radical (unpaired) electrons. The Morgan fingerprint density at radius 1 is 1.15 bits per heavy atom. The maximum atomic E-state index is 9.87. The third kappa shape index (κ3) is 13.6. The van der Waals surface area contributed by atoms with Gasteiger partial charge >= 0.3 is 11.9 Å². The van der Waals surface area contributed by atoms with Crippen LogP contribution < -0.4 is 11.5 Å². The Morgan fingerprint density at radius 2 is 1.54 bits per heavy atom. The molecule has 0 saturated carbocycles. The van der Waals surface area contributed by atoms with Gasteiger partial charge in [0, 0.05) is 18.7 Å². The second-order valence-corrected chi connectivity index (χ2v) is 2.06. The predicted molar refractivity (Wildman–Crippen MR) is 47.1 cm³/mol. The lowest BCUT2D eigenvalue weighted by molar-refractivity contribution is -0.139. The van der Waals surface area contributed by atoms with Crippen LogP contribution in [0.3, 0.4) is 0 Å². The number of hydrogen-bond donors (Lipinski definition) is 4. The van der Waals surface area contributed by atoms with E-state index in [1.54, 1.807) is 0 Å². The van der Waals surface area contributed by atoms with Gasteiger partial charge in [-0.3, -0.25) is 4.79 Å². The van der Waals surface area contributed by atoms with Gasteiger partial charge in [-0.1, -0.05) is 6.58 Å². The van der Waals surface area contributed by atoms with Crippen LogP contribution in [0.25, 0.3) is 0 Å². The molecular formula is C7H14N2O4. The van der Waals surface area contributed by atoms with Crippen molar-refractivity contribution >= 4 is 11.9 Å². The van der Waals surface area contributed by atoms with Crippen molar-refractivity contribution in [2.24, 2.45) is 11.5 Å². The van der Waals surface area contributed by atoms with Crippen LogP contribution in [0, 0.1) is 0 Å². The Morgan fingerprint density at radius 3 is 1.62 bits per heavy atom. The van der Waals surface area contributed by atoms with E-state index >= 15 is 0 Å². The van der Waals surface area contributed by atoms with Gasteiger partial charge in [0.15, 0.2) is 0 Å². The van der Waals surface area contributed by atoms with E-state index in [1.165, 1.54) is 0 Å². The van der Waals surface area contributed by atoms with E-state index in [-0.39, 0.29) is 5.57 Å². The van der Waals surface area contributed by atoms with Crippen LogP contribution in [-0.2, 0) is 9.59 Å². The van der Waals surface area contributed by atoms with Crippen molar-refractivity contribution in [2.45, 2.75) is 6.42 Å². The number of hydrogen-bond acceptors (Lipinski definition) is 4. The molecule has 0 aromatic carbocycles. The lowest BCUT2D eigenvalue weighted by Gasteiger charge is -1.91. The van der Waals surface area contributed by atoms with Crippen LogP contribution in [0.4, 0.5) is 0 Å². The topological polar surface area (TPSA) is 127 Å². The predicted octanol–water partition coefficient (Wildman–Crippen LogP) is -0.994. The first kappa shape index (κ1) is 14.1. The fourth-order valence-electron chi connectivity index (χ4n) is 0.258. The molecule has 0 bridgehead atoms. The third-order valence-electron chi connectivity index (χ3n) is 0.834. The van der Waals surface area contributed by atoms with Gasteiger partial charge in [-0.15, -0.1) is 0 Å². The van der Waals surface area contributed by atoms with Crippen molar-refractivity contribution in [1.29, 1.82) is 0 Å². The highest BCUT2D eigenvalue weighted by molar-refractivity contribution is 5.91. The van der Waals surface area contributed by atoms with E-state index < -0.39 is 18.4 Å². The molecule has 0 aliphatic rings. The Labute approximate surface area is 75.8 Å². The molecule has 0 amide bonds. The normalized spacial score (nSPS) is 8.15. The quantitative estimate of drug-likeness (QED) is 0.421. The van der Waals surface area contributed by atoms with Gasteiger partial charge in [0.1, 0.15) is 0 Å². The molecule has 0 rings (SSSR count). The first-order valence-corrected chi connectivity index (χ1v) is 3.48. The van der Waals surface area contributed by atoms with Crippen LogP contribution in [-0.4, -0.2) is 35.2 Å². The minimum atomic E-state index is -1.27. The first-order chi connectivity index (χ1) is 5.95. The molecule has 0 spiro atoms. The Hall–Kier alpha value is -1.40. The molecule has 6 nitrogen and oxygen atoms in total. The SMILES string of the molecule is C=C(CC(=O)O)C(=O)O.NCCN. The van der Waals surface area contributed by atoms with E-state index in [0.717, 1.165) is 0 Å². The summed E-state index contributed by atoms with van der Waals surface area (Å²) in [4.78, 5) is 19.7. The van der Waals surface area contributed by atoms with Crippen molar-refractivity contribution < 1.29 is 19.8 Å². The number of rotatable bonds is 4. The molecule has 0 aromatic heterocycles. The van der Waals surface area contributed by atoms with Crippen molar-refractivity contribution in [3.63, 3.8) is 0 Å².